The van der Waals surface area contributed by atoms with E-state index in [4.69, 9.17) is 27.9 Å². The van der Waals surface area contributed by atoms with Crippen LogP contribution < -0.4 is 16.0 Å². The predicted molar refractivity (Wildman–Crippen MR) is 106 cm³/mol. The molecule has 0 spiro atoms. The first-order valence-electron chi connectivity index (χ1n) is 8.85. The number of nitrogens with zero attached hydrogens (tertiary/aromatic N) is 1. The summed E-state index contributed by atoms with van der Waals surface area (Å²) in [5.74, 6) is 1.31. The number of benzene rings is 1. The second-order valence-electron chi connectivity index (χ2n) is 6.18. The third kappa shape index (κ3) is 7.81. The van der Waals surface area contributed by atoms with Crippen molar-refractivity contribution < 1.29 is 9.53 Å². The van der Waals surface area contributed by atoms with Crippen LogP contribution in [0.5, 0.6) is 0 Å². The molecule has 2 rings (SSSR count). The zero-order valence-electron chi connectivity index (χ0n) is 15.0. The molecular formula is C18H26Cl2N4O2. The minimum absolute atomic E-state index is 0.193. The van der Waals surface area contributed by atoms with Gasteiger partial charge in [0.15, 0.2) is 5.96 Å². The van der Waals surface area contributed by atoms with Gasteiger partial charge in [-0.05, 0) is 43.4 Å². The second-order valence-corrected chi connectivity index (χ2v) is 7.00. The van der Waals surface area contributed by atoms with Gasteiger partial charge in [-0.25, -0.2) is 0 Å². The van der Waals surface area contributed by atoms with Crippen LogP contribution in [0.1, 0.15) is 29.6 Å². The van der Waals surface area contributed by atoms with Gasteiger partial charge >= 0.3 is 0 Å². The van der Waals surface area contributed by atoms with E-state index in [1.165, 1.54) is 12.8 Å². The molecule has 26 heavy (non-hydrogen) atoms. The summed E-state index contributed by atoms with van der Waals surface area (Å²) < 4.78 is 5.59. The van der Waals surface area contributed by atoms with E-state index < -0.39 is 0 Å². The van der Waals surface area contributed by atoms with E-state index in [0.29, 0.717) is 34.7 Å². The molecular weight excluding hydrogens is 375 g/mol. The van der Waals surface area contributed by atoms with Gasteiger partial charge in [-0.2, -0.15) is 0 Å². The van der Waals surface area contributed by atoms with Gasteiger partial charge in [-0.3, -0.25) is 9.79 Å². The maximum absolute atomic E-state index is 12.0. The van der Waals surface area contributed by atoms with Crippen LogP contribution in [0.3, 0.4) is 0 Å². The molecule has 3 N–H and O–H groups in total. The third-order valence-electron chi connectivity index (χ3n) is 3.92. The van der Waals surface area contributed by atoms with Crippen LogP contribution in [0.4, 0.5) is 0 Å². The lowest BCUT2D eigenvalue weighted by molar-refractivity contribution is 0.0954. The molecule has 1 aliphatic carbocycles. The van der Waals surface area contributed by atoms with Crippen molar-refractivity contribution in [2.75, 3.05) is 39.9 Å². The van der Waals surface area contributed by atoms with Crippen molar-refractivity contribution in [1.29, 1.82) is 0 Å². The van der Waals surface area contributed by atoms with Crippen molar-refractivity contribution in [3.05, 3.63) is 33.8 Å². The highest BCUT2D eigenvalue weighted by molar-refractivity contribution is 6.42. The van der Waals surface area contributed by atoms with E-state index in [9.17, 15) is 4.79 Å². The Kier molecular flexibility index (Phi) is 9.01. The summed E-state index contributed by atoms with van der Waals surface area (Å²) in [4.78, 5) is 16.2. The molecule has 8 heteroatoms. The van der Waals surface area contributed by atoms with Gasteiger partial charge in [-0.1, -0.05) is 23.2 Å². The fourth-order valence-corrected chi connectivity index (χ4v) is 2.53. The van der Waals surface area contributed by atoms with Crippen molar-refractivity contribution in [1.82, 2.24) is 16.0 Å². The molecule has 0 heterocycles. The number of amides is 1. The SMILES string of the molecule is CN=C(NCCCOCC1CC1)NCCNC(=O)c1ccc(Cl)c(Cl)c1. The van der Waals surface area contributed by atoms with Crippen molar-refractivity contribution in [2.45, 2.75) is 19.3 Å². The fraction of sp³-hybridized carbons (Fsp3) is 0.556. The number of rotatable bonds is 10. The standard InChI is InChI=1S/C18H26Cl2N4O2/c1-21-18(23-7-2-10-26-12-13-3-4-13)24-9-8-22-17(25)14-5-6-15(19)16(20)11-14/h5-6,11,13H,2-4,7-10,12H2,1H3,(H,22,25)(H2,21,23,24). The van der Waals surface area contributed by atoms with E-state index in [1.807, 2.05) is 0 Å². The van der Waals surface area contributed by atoms with Gasteiger partial charge in [0, 0.05) is 45.5 Å². The quantitative estimate of drug-likeness (QED) is 0.320. The van der Waals surface area contributed by atoms with Crippen LogP contribution in [0.15, 0.2) is 23.2 Å². The molecule has 0 aliphatic heterocycles. The van der Waals surface area contributed by atoms with E-state index in [2.05, 4.69) is 20.9 Å². The number of nitrogens with one attached hydrogen (secondary N) is 3. The lowest BCUT2D eigenvalue weighted by atomic mass is 10.2. The molecule has 1 fully saturated rings. The Balaban J connectivity index is 1.54. The van der Waals surface area contributed by atoms with Gasteiger partial charge in [0.25, 0.3) is 5.91 Å². The Morgan fingerprint density at radius 3 is 2.58 bits per heavy atom. The first-order chi connectivity index (χ1) is 12.6. The molecule has 1 aromatic rings. The monoisotopic (exact) mass is 400 g/mol. The molecule has 6 nitrogen and oxygen atoms in total. The minimum Gasteiger partial charge on any atom is -0.381 e. The van der Waals surface area contributed by atoms with Crippen molar-refractivity contribution in [3.8, 4) is 0 Å². The summed E-state index contributed by atoms with van der Waals surface area (Å²) in [6.45, 7) is 3.47. The van der Waals surface area contributed by atoms with Crippen LogP contribution in [0.2, 0.25) is 10.0 Å². The van der Waals surface area contributed by atoms with Gasteiger partial charge in [-0.15, -0.1) is 0 Å². The maximum atomic E-state index is 12.0. The number of halogens is 2. The Hall–Kier alpha value is -1.50. The highest BCUT2D eigenvalue weighted by atomic mass is 35.5. The maximum Gasteiger partial charge on any atom is 0.251 e. The number of guanidine groups is 1. The van der Waals surface area contributed by atoms with E-state index >= 15 is 0 Å². The summed E-state index contributed by atoms with van der Waals surface area (Å²) in [5, 5.41) is 9.98. The number of aliphatic imine (C=N–C) groups is 1. The van der Waals surface area contributed by atoms with Gasteiger partial charge < -0.3 is 20.7 Å². The Morgan fingerprint density at radius 2 is 1.88 bits per heavy atom. The average molecular weight is 401 g/mol. The van der Waals surface area contributed by atoms with Crippen LogP contribution >= 0.6 is 23.2 Å². The Bertz CT molecular complexity index is 621. The van der Waals surface area contributed by atoms with Crippen LogP contribution in [0.25, 0.3) is 0 Å². The highest BCUT2D eigenvalue weighted by Crippen LogP contribution is 2.28. The predicted octanol–water partition coefficient (Wildman–Crippen LogP) is 2.70. The minimum atomic E-state index is -0.193. The summed E-state index contributed by atoms with van der Waals surface area (Å²) in [7, 11) is 1.72. The molecule has 144 valence electrons. The van der Waals surface area contributed by atoms with E-state index in [0.717, 1.165) is 32.1 Å². The van der Waals surface area contributed by atoms with Crippen molar-refractivity contribution >= 4 is 35.1 Å². The average Bonchev–Trinajstić information content (AvgIpc) is 3.46. The number of hydrogen-bond donors (Lipinski definition) is 3. The normalized spacial score (nSPS) is 14.2. The van der Waals surface area contributed by atoms with Crippen molar-refractivity contribution in [3.63, 3.8) is 0 Å². The summed E-state index contributed by atoms with van der Waals surface area (Å²) in [5.41, 5.74) is 0.480. The second kappa shape index (κ2) is 11.3. The summed E-state index contributed by atoms with van der Waals surface area (Å²) in [6.07, 6.45) is 3.56. The van der Waals surface area contributed by atoms with Gasteiger partial charge in [0.1, 0.15) is 0 Å². The number of hydrogen-bond acceptors (Lipinski definition) is 3. The lowest BCUT2D eigenvalue weighted by Crippen LogP contribution is -2.42. The topological polar surface area (TPSA) is 74.8 Å². The molecule has 1 aromatic carbocycles. The molecule has 0 unspecified atom stereocenters. The molecule has 0 atom stereocenters. The Labute approximate surface area is 164 Å². The molecule has 0 bridgehead atoms. The first-order valence-corrected chi connectivity index (χ1v) is 9.61. The number of carbonyl (C=O) groups is 1. The largest absolute Gasteiger partial charge is 0.381 e. The molecule has 0 radical (unpaired) electrons. The van der Waals surface area contributed by atoms with E-state index in [-0.39, 0.29) is 5.91 Å². The van der Waals surface area contributed by atoms with Crippen LogP contribution in [0, 0.1) is 5.92 Å². The van der Waals surface area contributed by atoms with E-state index in [1.54, 1.807) is 25.2 Å². The Morgan fingerprint density at radius 1 is 1.15 bits per heavy atom. The van der Waals surface area contributed by atoms with Gasteiger partial charge in [0.2, 0.25) is 0 Å². The molecule has 0 saturated heterocycles. The molecule has 1 saturated carbocycles. The summed E-state index contributed by atoms with van der Waals surface area (Å²) >= 11 is 11.8. The van der Waals surface area contributed by atoms with Crippen LogP contribution in [-0.2, 0) is 4.74 Å². The fourth-order valence-electron chi connectivity index (χ4n) is 2.23. The molecule has 0 aromatic heterocycles. The van der Waals surface area contributed by atoms with Crippen LogP contribution in [-0.4, -0.2) is 51.8 Å². The molecule has 1 aliphatic rings. The highest BCUT2D eigenvalue weighted by Gasteiger charge is 2.20. The first kappa shape index (κ1) is 20.8. The zero-order chi connectivity index (χ0) is 18.8. The van der Waals surface area contributed by atoms with Gasteiger partial charge in [0.05, 0.1) is 10.0 Å². The smallest absolute Gasteiger partial charge is 0.251 e. The third-order valence-corrected chi connectivity index (χ3v) is 4.66. The molecule has 1 amide bonds. The number of ether oxygens (including phenoxy) is 1. The zero-order valence-corrected chi connectivity index (χ0v) is 16.5. The number of carbonyl (C=O) groups excluding carboxylic acids is 1. The summed E-state index contributed by atoms with van der Waals surface area (Å²) in [6, 6.07) is 4.80. The lowest BCUT2D eigenvalue weighted by Gasteiger charge is -2.12. The van der Waals surface area contributed by atoms with Crippen molar-refractivity contribution in [2.24, 2.45) is 10.9 Å².